The van der Waals surface area contributed by atoms with E-state index in [0.717, 1.165) is 38.5 Å². The van der Waals surface area contributed by atoms with Crippen LogP contribution in [0.25, 0.3) is 0 Å². The number of aliphatic carboxylic acids is 1. The monoisotopic (exact) mass is 511 g/mol. The van der Waals surface area contributed by atoms with E-state index >= 15 is 0 Å². The summed E-state index contributed by atoms with van der Waals surface area (Å²) in [4.78, 5) is 50.9. The van der Waals surface area contributed by atoms with Gasteiger partial charge in [-0.2, -0.15) is 0 Å². The summed E-state index contributed by atoms with van der Waals surface area (Å²) in [6.07, 6.45) is 7.88. The molecule has 1 rings (SSSR count). The van der Waals surface area contributed by atoms with Gasteiger partial charge < -0.3 is 32.5 Å². The van der Waals surface area contributed by atoms with E-state index < -0.39 is 47.9 Å². The highest BCUT2D eigenvalue weighted by atomic mass is 16.4. The molecule has 1 fully saturated rings. The van der Waals surface area contributed by atoms with E-state index in [0.29, 0.717) is 25.8 Å². The van der Waals surface area contributed by atoms with Crippen molar-refractivity contribution in [3.05, 3.63) is 0 Å². The first-order valence-electron chi connectivity index (χ1n) is 13.6. The minimum atomic E-state index is -1.12. The molecule has 0 unspecified atom stereocenters. The largest absolute Gasteiger partial charge is 0.480 e. The molecule has 0 saturated heterocycles. The van der Waals surface area contributed by atoms with Crippen molar-refractivity contribution in [1.82, 2.24) is 16.0 Å². The summed E-state index contributed by atoms with van der Waals surface area (Å²) in [5.41, 5.74) is 11.6. The van der Waals surface area contributed by atoms with E-state index in [1.54, 1.807) is 0 Å². The third-order valence-corrected chi connectivity index (χ3v) is 7.29. The van der Waals surface area contributed by atoms with Crippen LogP contribution in [0.1, 0.15) is 91.9 Å². The van der Waals surface area contributed by atoms with Gasteiger partial charge in [0.1, 0.15) is 18.1 Å². The number of carbonyl (C=O) groups excluding carboxylic acids is 3. The molecule has 0 aromatic carbocycles. The summed E-state index contributed by atoms with van der Waals surface area (Å²) < 4.78 is 0. The Morgan fingerprint density at radius 2 is 1.50 bits per heavy atom. The van der Waals surface area contributed by atoms with Crippen molar-refractivity contribution in [2.24, 2.45) is 29.2 Å². The number of rotatable bonds is 16. The Morgan fingerprint density at radius 1 is 0.889 bits per heavy atom. The topological polar surface area (TPSA) is 177 Å². The van der Waals surface area contributed by atoms with Crippen molar-refractivity contribution in [3.8, 4) is 0 Å². The van der Waals surface area contributed by atoms with Gasteiger partial charge in [-0.3, -0.25) is 14.4 Å². The zero-order valence-electron chi connectivity index (χ0n) is 22.6. The van der Waals surface area contributed by atoms with Gasteiger partial charge in [-0.1, -0.05) is 66.2 Å². The van der Waals surface area contributed by atoms with Gasteiger partial charge in [-0.25, -0.2) is 4.79 Å². The number of amides is 3. The molecule has 0 aromatic heterocycles. The van der Waals surface area contributed by atoms with Crippen LogP contribution < -0.4 is 27.4 Å². The number of nitrogens with one attached hydrogen (secondary N) is 3. The van der Waals surface area contributed by atoms with Gasteiger partial charge in [0.25, 0.3) is 0 Å². The minimum absolute atomic E-state index is 0.0436. The lowest BCUT2D eigenvalue weighted by Gasteiger charge is -2.30. The fourth-order valence-corrected chi connectivity index (χ4v) is 4.57. The molecule has 208 valence electrons. The molecule has 1 saturated carbocycles. The second-order valence-electron chi connectivity index (χ2n) is 10.6. The van der Waals surface area contributed by atoms with E-state index in [2.05, 4.69) is 16.0 Å². The molecule has 0 radical (unpaired) electrons. The SMILES string of the molecule is CC[C@H](C)[C@H](N)C(=O)N[C@H](C(=O)N[C@@H](CC1CCCCC1)C(=O)N[C@@H](CCCCN)C(=O)O)C(C)C. The van der Waals surface area contributed by atoms with E-state index in [9.17, 15) is 24.3 Å². The quantitative estimate of drug-likeness (QED) is 0.171. The van der Waals surface area contributed by atoms with E-state index in [1.165, 1.54) is 0 Å². The summed E-state index contributed by atoms with van der Waals surface area (Å²) in [6, 6.07) is -3.55. The maximum atomic E-state index is 13.3. The molecule has 0 heterocycles. The second kappa shape index (κ2) is 16.5. The molecule has 36 heavy (non-hydrogen) atoms. The molecule has 0 aliphatic heterocycles. The zero-order chi connectivity index (χ0) is 27.3. The lowest BCUT2D eigenvalue weighted by molar-refractivity contribution is -0.142. The van der Waals surface area contributed by atoms with Crippen molar-refractivity contribution in [3.63, 3.8) is 0 Å². The van der Waals surface area contributed by atoms with Gasteiger partial charge in [0.2, 0.25) is 17.7 Å². The van der Waals surface area contributed by atoms with Crippen molar-refractivity contribution in [2.45, 2.75) is 116 Å². The highest BCUT2D eigenvalue weighted by Crippen LogP contribution is 2.27. The maximum Gasteiger partial charge on any atom is 0.326 e. The lowest BCUT2D eigenvalue weighted by atomic mass is 9.84. The fourth-order valence-electron chi connectivity index (χ4n) is 4.57. The number of carbonyl (C=O) groups is 4. The molecule has 0 aromatic rings. The van der Waals surface area contributed by atoms with Crippen molar-refractivity contribution in [1.29, 1.82) is 0 Å². The highest BCUT2D eigenvalue weighted by molar-refractivity contribution is 5.94. The second-order valence-corrected chi connectivity index (χ2v) is 10.6. The maximum absolute atomic E-state index is 13.3. The van der Waals surface area contributed by atoms with E-state index in [-0.39, 0.29) is 24.2 Å². The third-order valence-electron chi connectivity index (χ3n) is 7.29. The Bertz CT molecular complexity index is 711. The number of unbranched alkanes of at least 4 members (excludes halogenated alkanes) is 1. The Morgan fingerprint density at radius 3 is 2.03 bits per heavy atom. The van der Waals surface area contributed by atoms with Crippen LogP contribution in [0.15, 0.2) is 0 Å². The fraction of sp³-hybridized carbons (Fsp3) is 0.846. The third kappa shape index (κ3) is 10.8. The lowest BCUT2D eigenvalue weighted by Crippen LogP contribution is -2.59. The van der Waals surface area contributed by atoms with Crippen LogP contribution in [0.5, 0.6) is 0 Å². The van der Waals surface area contributed by atoms with Crippen LogP contribution in [-0.2, 0) is 19.2 Å². The van der Waals surface area contributed by atoms with Crippen LogP contribution >= 0.6 is 0 Å². The van der Waals surface area contributed by atoms with Gasteiger partial charge in [0.05, 0.1) is 6.04 Å². The van der Waals surface area contributed by atoms with Crippen LogP contribution in [0.3, 0.4) is 0 Å². The Labute approximate surface area is 216 Å². The first kappa shape index (κ1) is 31.8. The average molecular weight is 512 g/mol. The first-order valence-corrected chi connectivity index (χ1v) is 13.6. The van der Waals surface area contributed by atoms with Gasteiger partial charge in [0.15, 0.2) is 0 Å². The molecule has 8 N–H and O–H groups in total. The first-order chi connectivity index (χ1) is 17.0. The predicted molar refractivity (Wildman–Crippen MR) is 140 cm³/mol. The number of carboxylic acid groups (broad SMARTS) is 1. The van der Waals surface area contributed by atoms with Crippen molar-refractivity contribution >= 4 is 23.7 Å². The summed E-state index contributed by atoms with van der Waals surface area (Å²) in [7, 11) is 0. The molecule has 3 amide bonds. The Balaban J connectivity index is 3.00. The zero-order valence-corrected chi connectivity index (χ0v) is 22.6. The number of nitrogens with two attached hydrogens (primary N) is 2. The minimum Gasteiger partial charge on any atom is -0.480 e. The normalized spacial score (nSPS) is 18.5. The summed E-state index contributed by atoms with van der Waals surface area (Å²) >= 11 is 0. The molecule has 0 spiro atoms. The molecular weight excluding hydrogens is 462 g/mol. The molecular formula is C26H49N5O5. The predicted octanol–water partition coefficient (Wildman–Crippen LogP) is 1.65. The van der Waals surface area contributed by atoms with Crippen LogP contribution in [0, 0.1) is 17.8 Å². The van der Waals surface area contributed by atoms with Gasteiger partial charge in [0, 0.05) is 0 Å². The van der Waals surface area contributed by atoms with Crippen molar-refractivity contribution in [2.75, 3.05) is 6.54 Å². The number of hydrogen-bond acceptors (Lipinski definition) is 6. The smallest absolute Gasteiger partial charge is 0.326 e. The number of carboxylic acids is 1. The molecule has 1 aliphatic rings. The molecule has 10 heteroatoms. The summed E-state index contributed by atoms with van der Waals surface area (Å²) in [5, 5.41) is 17.8. The summed E-state index contributed by atoms with van der Waals surface area (Å²) in [5.74, 6) is -2.52. The standard InChI is InChI=1S/C26H49N5O5/c1-5-17(4)21(28)24(33)31-22(16(2)3)25(34)30-20(15-18-11-7-6-8-12-18)23(32)29-19(26(35)36)13-9-10-14-27/h16-22H,5-15,27-28H2,1-4H3,(H,29,32)(H,30,34)(H,31,33)(H,35,36)/t17-,19-,20-,21-,22-/m0/s1. The highest BCUT2D eigenvalue weighted by Gasteiger charge is 2.33. The van der Waals surface area contributed by atoms with Crippen LogP contribution in [-0.4, -0.2) is 59.5 Å². The summed E-state index contributed by atoms with van der Waals surface area (Å²) in [6.45, 7) is 7.90. The van der Waals surface area contributed by atoms with E-state index in [1.807, 2.05) is 27.7 Å². The van der Waals surface area contributed by atoms with Gasteiger partial charge >= 0.3 is 5.97 Å². The van der Waals surface area contributed by atoms with Gasteiger partial charge in [-0.05, 0) is 50.0 Å². The van der Waals surface area contributed by atoms with Gasteiger partial charge in [-0.15, -0.1) is 0 Å². The van der Waals surface area contributed by atoms with Crippen molar-refractivity contribution < 1.29 is 24.3 Å². The van der Waals surface area contributed by atoms with Crippen LogP contribution in [0.2, 0.25) is 0 Å². The van der Waals surface area contributed by atoms with Crippen LogP contribution in [0.4, 0.5) is 0 Å². The average Bonchev–Trinajstić information content (AvgIpc) is 2.85. The number of hydrogen-bond donors (Lipinski definition) is 6. The molecule has 10 nitrogen and oxygen atoms in total. The molecule has 5 atom stereocenters. The molecule has 0 bridgehead atoms. The Hall–Kier alpha value is -2.20. The molecule has 1 aliphatic carbocycles. The van der Waals surface area contributed by atoms with E-state index in [4.69, 9.17) is 11.5 Å². The Kier molecular flexibility index (Phi) is 14.6.